The van der Waals surface area contributed by atoms with Crippen LogP contribution in [0.1, 0.15) is 12.6 Å². The van der Waals surface area contributed by atoms with Gasteiger partial charge in [0.15, 0.2) is 0 Å². The zero-order valence-electron chi connectivity index (χ0n) is 11.2. The van der Waals surface area contributed by atoms with Crippen molar-refractivity contribution in [1.29, 1.82) is 0 Å². The second kappa shape index (κ2) is 7.72. The monoisotopic (exact) mass is 280 g/mol. The first-order chi connectivity index (χ1) is 9.51. The largest absolute Gasteiger partial charge is 0.461 e. The molecule has 0 saturated carbocycles. The van der Waals surface area contributed by atoms with Crippen LogP contribution in [0.2, 0.25) is 0 Å². The Labute approximate surface area is 115 Å². The molecule has 0 aliphatic carbocycles. The van der Waals surface area contributed by atoms with Gasteiger partial charge in [0.25, 0.3) is 5.56 Å². The number of H-pyrrole nitrogens is 1. The summed E-state index contributed by atoms with van der Waals surface area (Å²) in [7, 11) is 0. The number of amides is 2. The molecule has 0 bridgehead atoms. The number of aromatic nitrogens is 2. The van der Waals surface area contributed by atoms with E-state index in [-0.39, 0.29) is 19.1 Å². The van der Waals surface area contributed by atoms with Gasteiger partial charge in [-0.2, -0.15) is 4.98 Å². The Morgan fingerprint density at radius 2 is 2.25 bits per heavy atom. The predicted octanol–water partition coefficient (Wildman–Crippen LogP) is 0.319. The van der Waals surface area contributed by atoms with E-state index in [2.05, 4.69) is 20.6 Å². The van der Waals surface area contributed by atoms with Gasteiger partial charge in [-0.15, -0.1) is 0 Å². The number of nitrogens with one attached hydrogen (secondary N) is 3. The van der Waals surface area contributed by atoms with Crippen LogP contribution in [0, 0.1) is 6.92 Å². The molecule has 3 N–H and O–H groups in total. The molecule has 0 saturated heterocycles. The molecule has 8 heteroatoms. The van der Waals surface area contributed by atoms with Gasteiger partial charge in [0, 0.05) is 17.8 Å². The molecule has 1 rings (SSSR count). The summed E-state index contributed by atoms with van der Waals surface area (Å²) in [5, 5.41) is 4.82. The molecule has 1 aromatic rings. The summed E-state index contributed by atoms with van der Waals surface area (Å²) < 4.78 is 4.78. The molecule has 0 spiro atoms. The number of rotatable bonds is 5. The standard InChI is InChI=1S/C12H16N4O4/c1-3-4-10(18)20-6-5-13-12(19)16-11-14-8(2)7-9(17)15-11/h3-4,7H,5-6H2,1-2H3,(H3,13,14,15,16,17,19). The van der Waals surface area contributed by atoms with Crippen molar-refractivity contribution in [3.05, 3.63) is 34.3 Å². The van der Waals surface area contributed by atoms with E-state index in [0.29, 0.717) is 5.69 Å². The summed E-state index contributed by atoms with van der Waals surface area (Å²) in [6.07, 6.45) is 2.84. The Morgan fingerprint density at radius 1 is 1.50 bits per heavy atom. The molecule has 0 fully saturated rings. The van der Waals surface area contributed by atoms with Crippen molar-refractivity contribution in [1.82, 2.24) is 15.3 Å². The number of aryl methyl sites for hydroxylation is 1. The highest BCUT2D eigenvalue weighted by Gasteiger charge is 2.04. The van der Waals surface area contributed by atoms with Gasteiger partial charge in [0.1, 0.15) is 6.61 Å². The lowest BCUT2D eigenvalue weighted by molar-refractivity contribution is -0.137. The van der Waals surface area contributed by atoms with Crippen LogP contribution in [0.15, 0.2) is 23.0 Å². The quantitative estimate of drug-likeness (QED) is 0.408. The Kier molecular flexibility index (Phi) is 5.95. The smallest absolute Gasteiger partial charge is 0.330 e. The summed E-state index contributed by atoms with van der Waals surface area (Å²) in [5.74, 6) is -0.419. The first kappa shape index (κ1) is 15.4. The van der Waals surface area contributed by atoms with Crippen LogP contribution in [0.4, 0.5) is 10.7 Å². The van der Waals surface area contributed by atoms with E-state index in [0.717, 1.165) is 0 Å². The second-order valence-corrected chi connectivity index (χ2v) is 3.80. The first-order valence-corrected chi connectivity index (χ1v) is 5.93. The molecule has 0 atom stereocenters. The van der Waals surface area contributed by atoms with Gasteiger partial charge in [-0.25, -0.2) is 9.59 Å². The van der Waals surface area contributed by atoms with Crippen LogP contribution in [0.25, 0.3) is 0 Å². The number of hydrogen-bond acceptors (Lipinski definition) is 5. The van der Waals surface area contributed by atoms with Crippen molar-refractivity contribution in [3.8, 4) is 0 Å². The minimum absolute atomic E-state index is 0.0500. The van der Waals surface area contributed by atoms with Crippen molar-refractivity contribution in [2.24, 2.45) is 0 Å². The van der Waals surface area contributed by atoms with E-state index in [9.17, 15) is 14.4 Å². The van der Waals surface area contributed by atoms with Crippen LogP contribution >= 0.6 is 0 Å². The van der Waals surface area contributed by atoms with Crippen molar-refractivity contribution < 1.29 is 14.3 Å². The average Bonchev–Trinajstić information content (AvgIpc) is 2.33. The fourth-order valence-electron chi connectivity index (χ4n) is 1.29. The number of carbonyl (C=O) groups is 2. The highest BCUT2D eigenvalue weighted by molar-refractivity contribution is 5.87. The molecule has 0 aliphatic heterocycles. The summed E-state index contributed by atoms with van der Waals surface area (Å²) in [5.41, 5.74) is 0.136. The maximum Gasteiger partial charge on any atom is 0.330 e. The minimum atomic E-state index is -0.555. The van der Waals surface area contributed by atoms with Gasteiger partial charge >= 0.3 is 12.0 Å². The number of allylic oxidation sites excluding steroid dienone is 1. The molecule has 8 nitrogen and oxygen atoms in total. The molecule has 108 valence electrons. The van der Waals surface area contributed by atoms with Crippen LogP contribution in [0.5, 0.6) is 0 Å². The maximum atomic E-state index is 11.5. The average molecular weight is 280 g/mol. The van der Waals surface area contributed by atoms with Crippen molar-refractivity contribution in [2.75, 3.05) is 18.5 Å². The van der Waals surface area contributed by atoms with Crippen molar-refractivity contribution in [2.45, 2.75) is 13.8 Å². The molecule has 20 heavy (non-hydrogen) atoms. The Morgan fingerprint density at radius 3 is 2.90 bits per heavy atom. The molecule has 0 unspecified atom stereocenters. The molecule has 0 aliphatic rings. The lowest BCUT2D eigenvalue weighted by Gasteiger charge is -2.07. The Balaban J connectivity index is 2.33. The Bertz CT molecular complexity index is 565. The third kappa shape index (κ3) is 5.80. The fourth-order valence-corrected chi connectivity index (χ4v) is 1.29. The Hall–Kier alpha value is -2.64. The molecular formula is C12H16N4O4. The van der Waals surface area contributed by atoms with E-state index < -0.39 is 17.6 Å². The molecule has 1 heterocycles. The molecule has 0 radical (unpaired) electrons. The van der Waals surface area contributed by atoms with E-state index in [1.165, 1.54) is 12.1 Å². The number of urea groups is 1. The first-order valence-electron chi connectivity index (χ1n) is 5.93. The normalized spacial score (nSPS) is 10.3. The fraction of sp³-hybridized carbons (Fsp3) is 0.333. The maximum absolute atomic E-state index is 11.5. The highest BCUT2D eigenvalue weighted by atomic mass is 16.5. The van der Waals surface area contributed by atoms with E-state index in [4.69, 9.17) is 4.74 Å². The van der Waals surface area contributed by atoms with Crippen LogP contribution < -0.4 is 16.2 Å². The number of ether oxygens (including phenoxy) is 1. The lowest BCUT2D eigenvalue weighted by atomic mass is 10.4. The summed E-state index contributed by atoms with van der Waals surface area (Å²) in [4.78, 5) is 39.9. The number of nitrogens with zero attached hydrogens (tertiary/aromatic N) is 1. The van der Waals surface area contributed by atoms with E-state index in [1.54, 1.807) is 19.9 Å². The van der Waals surface area contributed by atoms with E-state index in [1.807, 2.05) is 0 Å². The highest BCUT2D eigenvalue weighted by Crippen LogP contribution is 1.94. The molecular weight excluding hydrogens is 264 g/mol. The van der Waals surface area contributed by atoms with Gasteiger partial charge < -0.3 is 15.0 Å². The van der Waals surface area contributed by atoms with Gasteiger partial charge in [0.2, 0.25) is 5.95 Å². The van der Waals surface area contributed by atoms with E-state index >= 15 is 0 Å². The zero-order chi connectivity index (χ0) is 15.0. The minimum Gasteiger partial charge on any atom is -0.461 e. The number of hydrogen-bond donors (Lipinski definition) is 3. The zero-order valence-corrected chi connectivity index (χ0v) is 11.2. The van der Waals surface area contributed by atoms with Crippen molar-refractivity contribution >= 4 is 17.9 Å². The van der Waals surface area contributed by atoms with Gasteiger partial charge in [-0.05, 0) is 13.8 Å². The van der Waals surface area contributed by atoms with Crippen LogP contribution in [-0.4, -0.2) is 35.1 Å². The third-order valence-electron chi connectivity index (χ3n) is 2.04. The molecule has 0 aromatic carbocycles. The third-order valence-corrected chi connectivity index (χ3v) is 2.04. The van der Waals surface area contributed by atoms with Gasteiger partial charge in [0.05, 0.1) is 6.54 Å². The number of carbonyl (C=O) groups excluding carboxylic acids is 2. The number of esters is 1. The van der Waals surface area contributed by atoms with Crippen LogP contribution in [0.3, 0.4) is 0 Å². The van der Waals surface area contributed by atoms with Crippen molar-refractivity contribution in [3.63, 3.8) is 0 Å². The number of anilines is 1. The number of aromatic amines is 1. The summed E-state index contributed by atoms with van der Waals surface area (Å²) >= 11 is 0. The topological polar surface area (TPSA) is 113 Å². The van der Waals surface area contributed by atoms with Gasteiger partial charge in [-0.3, -0.25) is 10.1 Å². The van der Waals surface area contributed by atoms with Gasteiger partial charge in [-0.1, -0.05) is 6.08 Å². The predicted molar refractivity (Wildman–Crippen MR) is 72.4 cm³/mol. The van der Waals surface area contributed by atoms with Crippen LogP contribution in [-0.2, 0) is 9.53 Å². The summed E-state index contributed by atoms with van der Waals surface area (Å²) in [6, 6.07) is 0.755. The molecule has 1 aromatic heterocycles. The summed E-state index contributed by atoms with van der Waals surface area (Å²) in [6.45, 7) is 3.56. The molecule has 2 amide bonds. The lowest BCUT2D eigenvalue weighted by Crippen LogP contribution is -2.33. The SMILES string of the molecule is CC=CC(=O)OCCNC(=O)Nc1nc(=O)cc(C)[nH]1. The second-order valence-electron chi connectivity index (χ2n) is 3.80.